The standard InChI is InChI=1S/C28H34O14.2Na/c29-17-21(39-13-15-7-3-1-4-8-15)19(31)27(41-23(17)25(33)34)37-11-12-38-28-20(32)22(18(30)24(42-28)26(35)36)40-14-16-9-5-2-6-10-16;;/h1-10,17-24,27-32H,11-14H2,(H,33,34)(H,35,36);;/q;2*+1/p-2/t17-,18-,19+,20+,21-,22-,23-,24-,27+,28+;;/m0../s1. The SMILES string of the molecule is O=C([O-])[C@H]1O[C@@H](OCCO[C@@H]2O[C@H](C(=O)[O-])[C@@H](O)[C@H](OCc3ccccc3)[C@H]2O)[C@H](O)[C@@H](OCc2ccccc2)[C@@H]1O.[Na+].[Na+]. The predicted molar refractivity (Wildman–Crippen MR) is 133 cm³/mol. The monoisotopic (exact) mass is 638 g/mol. The molecule has 0 amide bonds. The molecule has 230 valence electrons. The van der Waals surface area contributed by atoms with Gasteiger partial charge in [-0.2, -0.15) is 0 Å². The number of aliphatic hydroxyl groups is 4. The summed E-state index contributed by atoms with van der Waals surface area (Å²) >= 11 is 0. The van der Waals surface area contributed by atoms with Crippen LogP contribution in [0.5, 0.6) is 0 Å². The number of aliphatic hydroxyl groups excluding tert-OH is 4. The molecular formula is C28H32Na2O14. The van der Waals surface area contributed by atoms with Gasteiger partial charge in [-0.25, -0.2) is 0 Å². The van der Waals surface area contributed by atoms with Crippen LogP contribution < -0.4 is 69.3 Å². The molecule has 44 heavy (non-hydrogen) atoms. The Morgan fingerprint density at radius 1 is 0.591 bits per heavy atom. The van der Waals surface area contributed by atoms with Crippen molar-refractivity contribution in [2.75, 3.05) is 13.2 Å². The van der Waals surface area contributed by atoms with E-state index in [1.54, 1.807) is 60.7 Å². The Bertz CT molecular complexity index is 1060. The van der Waals surface area contributed by atoms with Crippen molar-refractivity contribution in [1.82, 2.24) is 0 Å². The minimum absolute atomic E-state index is 0. The largest absolute Gasteiger partial charge is 1.00 e. The van der Waals surface area contributed by atoms with Gasteiger partial charge in [0.2, 0.25) is 0 Å². The number of hydrogen-bond acceptors (Lipinski definition) is 14. The van der Waals surface area contributed by atoms with Crippen molar-refractivity contribution >= 4 is 11.9 Å². The minimum atomic E-state index is -1.88. The van der Waals surface area contributed by atoms with Crippen LogP contribution in [-0.2, 0) is 51.2 Å². The number of carbonyl (C=O) groups is 2. The van der Waals surface area contributed by atoms with Crippen molar-refractivity contribution in [3.63, 3.8) is 0 Å². The van der Waals surface area contributed by atoms with E-state index in [9.17, 15) is 40.2 Å². The van der Waals surface area contributed by atoms with E-state index in [1.807, 2.05) is 0 Å². The van der Waals surface area contributed by atoms with Gasteiger partial charge in [-0.3, -0.25) is 0 Å². The number of carbonyl (C=O) groups excluding carboxylic acids is 2. The van der Waals surface area contributed by atoms with Crippen molar-refractivity contribution in [3.8, 4) is 0 Å². The van der Waals surface area contributed by atoms with Gasteiger partial charge in [0.05, 0.1) is 38.4 Å². The summed E-state index contributed by atoms with van der Waals surface area (Å²) in [4.78, 5) is 23.1. The van der Waals surface area contributed by atoms with Crippen LogP contribution in [0.4, 0.5) is 0 Å². The molecule has 2 aromatic carbocycles. The fraction of sp³-hybridized carbons (Fsp3) is 0.500. The summed E-state index contributed by atoms with van der Waals surface area (Å²) in [6.07, 6.45) is -16.5. The molecule has 4 N–H and O–H groups in total. The second-order valence-corrected chi connectivity index (χ2v) is 9.71. The number of carboxylic acids is 2. The molecule has 16 heteroatoms. The molecule has 10 atom stereocenters. The zero-order valence-electron chi connectivity index (χ0n) is 24.2. The third kappa shape index (κ3) is 10.2. The second kappa shape index (κ2) is 19.0. The third-order valence-electron chi connectivity index (χ3n) is 6.77. The number of hydrogen-bond donors (Lipinski definition) is 4. The predicted octanol–water partition coefficient (Wildman–Crippen LogP) is -9.41. The zero-order chi connectivity index (χ0) is 30.2. The Morgan fingerprint density at radius 2 is 0.932 bits per heavy atom. The minimum Gasteiger partial charge on any atom is -0.547 e. The van der Waals surface area contributed by atoms with E-state index in [2.05, 4.69) is 0 Å². The number of carboxylic acid groups (broad SMARTS) is 2. The number of ether oxygens (including phenoxy) is 6. The van der Waals surface area contributed by atoms with Gasteiger partial charge in [0.1, 0.15) is 48.8 Å². The molecule has 2 aliphatic heterocycles. The molecule has 0 aliphatic carbocycles. The molecule has 0 aromatic heterocycles. The first-order valence-electron chi connectivity index (χ1n) is 13.2. The van der Waals surface area contributed by atoms with Crippen LogP contribution >= 0.6 is 0 Å². The maximum absolute atomic E-state index is 11.6. The maximum Gasteiger partial charge on any atom is 1.00 e. The quantitative estimate of drug-likeness (QED) is 0.118. The number of benzene rings is 2. The van der Waals surface area contributed by atoms with E-state index >= 15 is 0 Å². The number of aliphatic carboxylic acids is 2. The van der Waals surface area contributed by atoms with Crippen molar-refractivity contribution in [1.29, 1.82) is 0 Å². The third-order valence-corrected chi connectivity index (χ3v) is 6.77. The summed E-state index contributed by atoms with van der Waals surface area (Å²) in [5.41, 5.74) is 1.41. The van der Waals surface area contributed by atoms with Gasteiger partial charge < -0.3 is 68.6 Å². The van der Waals surface area contributed by atoms with E-state index in [4.69, 9.17) is 28.4 Å². The van der Waals surface area contributed by atoms with E-state index in [0.29, 0.717) is 11.1 Å². The van der Waals surface area contributed by atoms with Crippen molar-refractivity contribution in [2.45, 2.75) is 74.6 Å². The summed E-state index contributed by atoms with van der Waals surface area (Å²) < 4.78 is 32.4. The van der Waals surface area contributed by atoms with Crippen molar-refractivity contribution < 1.29 is 128 Å². The molecule has 0 saturated carbocycles. The molecule has 14 nitrogen and oxygen atoms in total. The summed E-state index contributed by atoms with van der Waals surface area (Å²) in [6, 6.07) is 17.6. The van der Waals surface area contributed by atoms with E-state index in [0.717, 1.165) is 0 Å². The Hall–Kier alpha value is -1.02. The summed E-state index contributed by atoms with van der Waals surface area (Å²) in [5.74, 6) is -3.50. The molecule has 2 aliphatic rings. The van der Waals surface area contributed by atoms with Crippen molar-refractivity contribution in [2.24, 2.45) is 0 Å². The Kier molecular flexibility index (Phi) is 16.9. The summed E-state index contributed by atoms with van der Waals surface area (Å²) in [5, 5.41) is 65.4. The molecule has 2 fully saturated rings. The normalized spacial score (nSPS) is 31.7. The molecule has 0 spiro atoms. The van der Waals surface area contributed by atoms with Crippen molar-refractivity contribution in [3.05, 3.63) is 71.8 Å². The van der Waals surface area contributed by atoms with Gasteiger partial charge in [0, 0.05) is 0 Å². The van der Waals surface area contributed by atoms with Gasteiger partial charge in [-0.05, 0) is 11.1 Å². The van der Waals surface area contributed by atoms with E-state index < -0.39 is 73.4 Å². The molecule has 0 bridgehead atoms. The van der Waals surface area contributed by atoms with Gasteiger partial charge in [0.15, 0.2) is 12.6 Å². The Morgan fingerprint density at radius 3 is 1.25 bits per heavy atom. The molecule has 4 rings (SSSR count). The maximum atomic E-state index is 11.6. The topological polar surface area (TPSA) is 217 Å². The van der Waals surface area contributed by atoms with Gasteiger partial charge >= 0.3 is 59.1 Å². The second-order valence-electron chi connectivity index (χ2n) is 9.71. The summed E-state index contributed by atoms with van der Waals surface area (Å²) in [6.45, 7) is -0.844. The van der Waals surface area contributed by atoms with Crippen LogP contribution in [0.2, 0.25) is 0 Å². The fourth-order valence-electron chi connectivity index (χ4n) is 4.59. The van der Waals surface area contributed by atoms with Crippen LogP contribution in [0.3, 0.4) is 0 Å². The Labute approximate surface area is 297 Å². The first-order valence-corrected chi connectivity index (χ1v) is 13.2. The first kappa shape index (κ1) is 39.2. The number of rotatable bonds is 13. The van der Waals surface area contributed by atoms with E-state index in [-0.39, 0.29) is 85.5 Å². The smallest absolute Gasteiger partial charge is 0.547 e. The molecule has 0 unspecified atom stereocenters. The molecular weight excluding hydrogens is 606 g/mol. The van der Waals surface area contributed by atoms with E-state index in [1.165, 1.54) is 0 Å². The van der Waals surface area contributed by atoms with Gasteiger partial charge in [0.25, 0.3) is 0 Å². The van der Waals surface area contributed by atoms with Gasteiger partial charge in [-0.1, -0.05) is 60.7 Å². The van der Waals surface area contributed by atoms with Crippen LogP contribution in [0, 0.1) is 0 Å². The van der Waals surface area contributed by atoms with Crippen LogP contribution in [0.15, 0.2) is 60.7 Å². The van der Waals surface area contributed by atoms with Crippen LogP contribution in [0.25, 0.3) is 0 Å². The average molecular weight is 639 g/mol. The fourth-order valence-corrected chi connectivity index (χ4v) is 4.59. The first-order chi connectivity index (χ1) is 20.2. The van der Waals surface area contributed by atoms with Gasteiger partial charge in [-0.15, -0.1) is 0 Å². The zero-order valence-corrected chi connectivity index (χ0v) is 28.2. The average Bonchev–Trinajstić information content (AvgIpc) is 2.97. The molecule has 2 saturated heterocycles. The summed E-state index contributed by atoms with van der Waals surface area (Å²) in [7, 11) is 0. The van der Waals surface area contributed by atoms with Crippen LogP contribution in [-0.4, -0.2) is 107 Å². The molecule has 2 heterocycles. The Balaban J connectivity index is 0.00000337. The molecule has 2 aromatic rings. The molecule has 0 radical (unpaired) electrons. The van der Waals surface area contributed by atoms with Crippen LogP contribution in [0.1, 0.15) is 11.1 Å².